The molecule has 2 heterocycles. The number of carbonyl (C=O) groups excluding carboxylic acids is 1. The number of methoxy groups -OCH3 is 1. The van der Waals surface area contributed by atoms with Gasteiger partial charge in [-0.3, -0.25) is 4.79 Å². The van der Waals surface area contributed by atoms with E-state index in [1.165, 1.54) is 23.1 Å². The molecule has 0 saturated carbocycles. The summed E-state index contributed by atoms with van der Waals surface area (Å²) in [5, 5.41) is 18.1. The number of aryl methyl sites for hydroxylation is 1. The molecule has 0 aliphatic heterocycles. The van der Waals surface area contributed by atoms with Crippen molar-refractivity contribution in [2.45, 2.75) is 11.3 Å². The van der Waals surface area contributed by atoms with Crippen molar-refractivity contribution >= 4 is 56.8 Å². The number of nitrogens with one attached hydrogen (secondary N) is 2. The lowest BCUT2D eigenvalue weighted by molar-refractivity contribution is -0.113. The van der Waals surface area contributed by atoms with Crippen LogP contribution in [0.3, 0.4) is 0 Å². The maximum Gasteiger partial charge on any atom is 0.234 e. The van der Waals surface area contributed by atoms with E-state index in [2.05, 4.69) is 25.8 Å². The summed E-state index contributed by atoms with van der Waals surface area (Å²) >= 11 is 4.35. The van der Waals surface area contributed by atoms with Gasteiger partial charge in [0.2, 0.25) is 11.0 Å². The minimum absolute atomic E-state index is 0.103. The summed E-state index contributed by atoms with van der Waals surface area (Å²) in [5.41, 5.74) is 3.50. The molecule has 7 nitrogen and oxygen atoms in total. The number of thiazole rings is 1. The van der Waals surface area contributed by atoms with E-state index >= 15 is 0 Å². The molecule has 0 bridgehead atoms. The predicted molar refractivity (Wildman–Crippen MR) is 128 cm³/mol. The van der Waals surface area contributed by atoms with Gasteiger partial charge in [-0.1, -0.05) is 41.3 Å². The Morgan fingerprint density at radius 3 is 2.77 bits per heavy atom. The maximum absolute atomic E-state index is 12.4. The minimum Gasteiger partial charge on any atom is -0.497 e. The summed E-state index contributed by atoms with van der Waals surface area (Å²) in [5.74, 6) is 0.900. The molecule has 0 radical (unpaired) electrons. The third-order valence-corrected chi connectivity index (χ3v) is 6.86. The van der Waals surface area contributed by atoms with Crippen molar-refractivity contribution < 1.29 is 9.53 Å². The van der Waals surface area contributed by atoms with E-state index in [0.29, 0.717) is 9.47 Å². The van der Waals surface area contributed by atoms with Crippen LogP contribution in [-0.4, -0.2) is 34.0 Å². The second kappa shape index (κ2) is 9.90. The Balaban J connectivity index is 1.31. The molecule has 4 rings (SSSR count). The standard InChI is InChI=1S/C21H19N5O2S3/c1-13-22-18(11-29-13)14-5-3-6-15(9-14)23-19(27)12-30-21-26-25-20(31-21)24-16-7-4-8-17(10-16)28-2/h3-11H,12H2,1-2H3,(H,23,27)(H,24,25). The van der Waals surface area contributed by atoms with Crippen molar-refractivity contribution in [1.82, 2.24) is 15.2 Å². The molecule has 0 atom stereocenters. The van der Waals surface area contributed by atoms with Crippen molar-refractivity contribution in [3.63, 3.8) is 0 Å². The largest absolute Gasteiger partial charge is 0.497 e. The van der Waals surface area contributed by atoms with E-state index in [4.69, 9.17) is 4.74 Å². The smallest absolute Gasteiger partial charge is 0.234 e. The highest BCUT2D eigenvalue weighted by Gasteiger charge is 2.10. The van der Waals surface area contributed by atoms with Crippen molar-refractivity contribution in [2.24, 2.45) is 0 Å². The average molecular weight is 470 g/mol. The first kappa shape index (κ1) is 21.3. The molecule has 4 aromatic rings. The van der Waals surface area contributed by atoms with E-state index in [1.54, 1.807) is 18.4 Å². The molecule has 0 unspecified atom stereocenters. The second-order valence-corrected chi connectivity index (χ2v) is 9.66. The van der Waals surface area contributed by atoms with Crippen LogP contribution in [0.1, 0.15) is 5.01 Å². The van der Waals surface area contributed by atoms with E-state index in [-0.39, 0.29) is 11.7 Å². The lowest BCUT2D eigenvalue weighted by atomic mass is 10.1. The number of hydrogen-bond acceptors (Lipinski definition) is 9. The fraction of sp³-hybridized carbons (Fsp3) is 0.143. The highest BCUT2D eigenvalue weighted by molar-refractivity contribution is 8.01. The molecule has 2 aromatic carbocycles. The fourth-order valence-electron chi connectivity index (χ4n) is 2.72. The van der Waals surface area contributed by atoms with Gasteiger partial charge in [0.1, 0.15) is 5.75 Å². The van der Waals surface area contributed by atoms with Gasteiger partial charge in [-0.2, -0.15) is 0 Å². The Bertz CT molecular complexity index is 1190. The van der Waals surface area contributed by atoms with E-state index < -0.39 is 0 Å². The summed E-state index contributed by atoms with van der Waals surface area (Å²) in [6.45, 7) is 1.97. The topological polar surface area (TPSA) is 89.0 Å². The van der Waals surface area contributed by atoms with Crippen molar-refractivity contribution in [1.29, 1.82) is 0 Å². The molecule has 31 heavy (non-hydrogen) atoms. The van der Waals surface area contributed by atoms with Crippen LogP contribution in [0.25, 0.3) is 11.3 Å². The average Bonchev–Trinajstić information content (AvgIpc) is 3.41. The number of anilines is 3. The van der Waals surface area contributed by atoms with Crippen molar-refractivity contribution in [3.05, 3.63) is 58.9 Å². The zero-order valence-corrected chi connectivity index (χ0v) is 19.2. The monoisotopic (exact) mass is 469 g/mol. The molecule has 0 aliphatic rings. The van der Waals surface area contributed by atoms with E-state index in [1.807, 2.05) is 60.8 Å². The van der Waals surface area contributed by atoms with E-state index in [0.717, 1.165) is 33.4 Å². The Labute approximate surface area is 191 Å². The van der Waals surface area contributed by atoms with Crippen LogP contribution in [-0.2, 0) is 4.79 Å². The number of nitrogens with zero attached hydrogens (tertiary/aromatic N) is 3. The van der Waals surface area contributed by atoms with Crippen LogP contribution in [0.5, 0.6) is 5.75 Å². The third-order valence-electron chi connectivity index (χ3n) is 4.12. The first-order chi connectivity index (χ1) is 15.1. The quantitative estimate of drug-likeness (QED) is 0.332. The van der Waals surface area contributed by atoms with E-state index in [9.17, 15) is 4.79 Å². The Hall–Kier alpha value is -2.95. The number of aromatic nitrogens is 3. The molecular weight excluding hydrogens is 450 g/mol. The predicted octanol–water partition coefficient (Wildman–Crippen LogP) is 5.45. The molecule has 2 N–H and O–H groups in total. The van der Waals surface area contributed by atoms with Gasteiger partial charge >= 0.3 is 0 Å². The zero-order valence-electron chi connectivity index (χ0n) is 16.8. The number of carbonyl (C=O) groups is 1. The number of hydrogen-bond donors (Lipinski definition) is 2. The molecule has 0 saturated heterocycles. The molecule has 0 spiro atoms. The Kier molecular flexibility index (Phi) is 6.80. The number of thioether (sulfide) groups is 1. The first-order valence-corrected chi connectivity index (χ1v) is 12.0. The Morgan fingerprint density at radius 1 is 1.13 bits per heavy atom. The van der Waals surface area contributed by atoms with Crippen LogP contribution < -0.4 is 15.4 Å². The van der Waals surface area contributed by atoms with Crippen LogP contribution in [0.2, 0.25) is 0 Å². The summed E-state index contributed by atoms with van der Waals surface area (Å²) in [6.07, 6.45) is 0. The number of amides is 1. The van der Waals surface area contributed by atoms with Crippen LogP contribution in [0, 0.1) is 6.92 Å². The molecular formula is C21H19N5O2S3. The highest BCUT2D eigenvalue weighted by Crippen LogP contribution is 2.29. The van der Waals surface area contributed by atoms with Gasteiger partial charge in [0.05, 0.1) is 23.6 Å². The maximum atomic E-state index is 12.4. The normalized spacial score (nSPS) is 10.6. The summed E-state index contributed by atoms with van der Waals surface area (Å²) in [7, 11) is 1.63. The molecule has 1 amide bonds. The van der Waals surface area contributed by atoms with Gasteiger partial charge in [-0.25, -0.2) is 4.98 Å². The van der Waals surface area contributed by atoms with Gasteiger partial charge in [0.15, 0.2) is 4.34 Å². The van der Waals surface area contributed by atoms with Crippen LogP contribution in [0.4, 0.5) is 16.5 Å². The summed E-state index contributed by atoms with van der Waals surface area (Å²) in [6, 6.07) is 15.3. The second-order valence-electron chi connectivity index (χ2n) is 6.40. The fourth-order valence-corrected chi connectivity index (χ4v) is 4.91. The van der Waals surface area contributed by atoms with Gasteiger partial charge in [0, 0.05) is 28.4 Å². The van der Waals surface area contributed by atoms with Crippen molar-refractivity contribution in [2.75, 3.05) is 23.5 Å². The number of rotatable bonds is 8. The lowest BCUT2D eigenvalue weighted by Gasteiger charge is -2.06. The zero-order chi connectivity index (χ0) is 21.6. The highest BCUT2D eigenvalue weighted by atomic mass is 32.2. The van der Waals surface area contributed by atoms with Gasteiger partial charge in [0.25, 0.3) is 0 Å². The first-order valence-electron chi connectivity index (χ1n) is 9.29. The number of ether oxygens (including phenoxy) is 1. The molecule has 10 heteroatoms. The van der Waals surface area contributed by atoms with Crippen LogP contribution >= 0.6 is 34.4 Å². The SMILES string of the molecule is COc1cccc(Nc2nnc(SCC(=O)Nc3cccc(-c4csc(C)n4)c3)s2)c1. The molecule has 0 aliphatic carbocycles. The lowest BCUT2D eigenvalue weighted by Crippen LogP contribution is -2.13. The third kappa shape index (κ3) is 5.81. The van der Waals surface area contributed by atoms with Gasteiger partial charge in [-0.05, 0) is 31.2 Å². The minimum atomic E-state index is -0.103. The summed E-state index contributed by atoms with van der Waals surface area (Å²) in [4.78, 5) is 16.9. The van der Waals surface area contributed by atoms with Crippen LogP contribution in [0.15, 0.2) is 58.3 Å². The Morgan fingerprint density at radius 2 is 1.97 bits per heavy atom. The van der Waals surface area contributed by atoms with Gasteiger partial charge < -0.3 is 15.4 Å². The molecule has 2 aromatic heterocycles. The molecule has 0 fully saturated rings. The summed E-state index contributed by atoms with van der Waals surface area (Å²) < 4.78 is 5.94. The van der Waals surface area contributed by atoms with Crippen molar-refractivity contribution in [3.8, 4) is 17.0 Å². The number of benzene rings is 2. The van der Waals surface area contributed by atoms with Gasteiger partial charge in [-0.15, -0.1) is 21.5 Å². The molecule has 158 valence electrons.